The van der Waals surface area contributed by atoms with Crippen molar-refractivity contribution in [2.24, 2.45) is 11.8 Å². The molecular formula is C41H50F3N5O8S. The molecule has 0 bridgehead atoms. The van der Waals surface area contributed by atoms with Crippen molar-refractivity contribution in [3.8, 4) is 5.75 Å². The highest BCUT2D eigenvalue weighted by Gasteiger charge is 2.71. The summed E-state index contributed by atoms with van der Waals surface area (Å²) in [4.78, 5) is 63.6. The van der Waals surface area contributed by atoms with E-state index in [0.717, 1.165) is 22.6 Å². The number of amides is 4. The van der Waals surface area contributed by atoms with E-state index in [2.05, 4.69) is 15.0 Å². The van der Waals surface area contributed by atoms with Crippen molar-refractivity contribution in [2.75, 3.05) is 6.54 Å². The molecule has 3 aliphatic heterocycles. The smallest absolute Gasteiger partial charge is 0.408 e. The topological polar surface area (TPSA) is 175 Å². The zero-order chi connectivity index (χ0) is 41.4. The van der Waals surface area contributed by atoms with Gasteiger partial charge >= 0.3 is 12.3 Å². The predicted molar refractivity (Wildman–Crippen MR) is 205 cm³/mol. The zero-order valence-electron chi connectivity index (χ0n) is 32.6. The van der Waals surface area contributed by atoms with Gasteiger partial charge in [0.05, 0.1) is 22.5 Å². The van der Waals surface area contributed by atoms with Gasteiger partial charge in [-0.05, 0) is 84.1 Å². The van der Waals surface area contributed by atoms with Crippen LogP contribution in [-0.4, -0.2) is 98.9 Å². The maximum Gasteiger partial charge on any atom is 0.408 e. The molecule has 8 rings (SSSR count). The number of carbonyl (C=O) groups is 4. The maximum absolute atomic E-state index is 16.0. The summed E-state index contributed by atoms with van der Waals surface area (Å²) in [6, 6.07) is 2.98. The number of para-hydroxylation sites is 1. The van der Waals surface area contributed by atoms with Crippen molar-refractivity contribution in [2.45, 2.75) is 144 Å². The van der Waals surface area contributed by atoms with Crippen molar-refractivity contribution in [3.63, 3.8) is 0 Å². The minimum atomic E-state index is -5.15. The van der Waals surface area contributed by atoms with Crippen LogP contribution in [0.3, 0.4) is 0 Å². The summed E-state index contributed by atoms with van der Waals surface area (Å²) >= 11 is 0. The highest BCUT2D eigenvalue weighted by Crippen LogP contribution is 2.54. The Bertz CT molecular complexity index is 2170. The number of ether oxygens (including phenoxy) is 1. The van der Waals surface area contributed by atoms with Gasteiger partial charge in [0.15, 0.2) is 0 Å². The highest BCUT2D eigenvalue weighted by atomic mass is 32.2. The molecule has 3 aliphatic carbocycles. The molecule has 4 fully saturated rings. The number of benzene rings is 1. The number of halogens is 3. The summed E-state index contributed by atoms with van der Waals surface area (Å²) in [7, 11) is -4.20. The summed E-state index contributed by atoms with van der Waals surface area (Å²) < 4.78 is 81.9. The summed E-state index contributed by atoms with van der Waals surface area (Å²) in [5, 5.41) is 13.9. The quantitative estimate of drug-likeness (QED) is 0.321. The highest BCUT2D eigenvalue weighted by molar-refractivity contribution is 7.91. The van der Waals surface area contributed by atoms with Crippen molar-refractivity contribution < 1.29 is 50.6 Å². The third-order valence-electron chi connectivity index (χ3n) is 13.7. The molecule has 1 aromatic carbocycles. The van der Waals surface area contributed by atoms with Crippen LogP contribution in [0.1, 0.15) is 102 Å². The van der Waals surface area contributed by atoms with E-state index in [9.17, 15) is 27.9 Å². The molecule has 3 N–H and O–H groups in total. The SMILES string of the molecule is Cc1nc2ccccc2c2c1O[C@@]1(CC2)CN2C(=O)[C@@H](N(C(=O)O)C3CCCC3)CCCCC/C=C\[C@@H]3C[C@@]3(C(=O)NS(=O)(=O)C3(C)CC3)NC(=O)[C@@H]2C1C(F)(F)F. The Kier molecular flexibility index (Phi) is 10.0. The Labute approximate surface area is 335 Å². The van der Waals surface area contributed by atoms with Crippen molar-refractivity contribution in [1.29, 1.82) is 0 Å². The third kappa shape index (κ3) is 6.87. The van der Waals surface area contributed by atoms with E-state index in [1.54, 1.807) is 37.3 Å². The van der Waals surface area contributed by atoms with E-state index in [1.807, 2.05) is 6.07 Å². The fourth-order valence-electron chi connectivity index (χ4n) is 10.0. The van der Waals surface area contributed by atoms with Crippen LogP contribution in [0.25, 0.3) is 10.9 Å². The number of allylic oxidation sites excluding steroid dienone is 1. The molecule has 6 atom stereocenters. The van der Waals surface area contributed by atoms with Crippen molar-refractivity contribution in [3.05, 3.63) is 47.7 Å². The Balaban J connectivity index is 1.24. The number of rotatable bonds is 5. The number of pyridine rings is 1. The van der Waals surface area contributed by atoms with Crippen LogP contribution in [0.4, 0.5) is 18.0 Å². The first-order valence-corrected chi connectivity index (χ1v) is 21.9. The van der Waals surface area contributed by atoms with Gasteiger partial charge in [-0.1, -0.05) is 56.0 Å². The summed E-state index contributed by atoms with van der Waals surface area (Å²) in [5.41, 5.74) is -2.49. The first-order valence-electron chi connectivity index (χ1n) is 20.4. The van der Waals surface area contributed by atoms with Gasteiger partial charge in [-0.25, -0.2) is 18.2 Å². The number of hydrogen-bond acceptors (Lipinski definition) is 8. The van der Waals surface area contributed by atoms with E-state index in [1.165, 1.54) is 6.92 Å². The normalized spacial score (nSPS) is 31.8. The number of hydrogen-bond donors (Lipinski definition) is 3. The van der Waals surface area contributed by atoms with Gasteiger partial charge in [0, 0.05) is 22.9 Å². The second kappa shape index (κ2) is 14.4. The second-order valence-electron chi connectivity index (χ2n) is 17.5. The first kappa shape index (κ1) is 40.4. The van der Waals surface area contributed by atoms with Gasteiger partial charge in [0.1, 0.15) is 34.9 Å². The van der Waals surface area contributed by atoms with Gasteiger partial charge < -0.3 is 20.1 Å². The fourth-order valence-corrected chi connectivity index (χ4v) is 11.3. The number of carbonyl (C=O) groups excluding carboxylic acids is 3. The molecule has 1 saturated heterocycles. The fraction of sp³-hybridized carbons (Fsp3) is 0.634. The van der Waals surface area contributed by atoms with Crippen molar-refractivity contribution >= 4 is 44.7 Å². The molecule has 13 nitrogen and oxygen atoms in total. The monoisotopic (exact) mass is 829 g/mol. The minimum absolute atomic E-state index is 0.0319. The van der Waals surface area contributed by atoms with Gasteiger partial charge in [-0.15, -0.1) is 0 Å². The molecule has 2 aromatic rings. The van der Waals surface area contributed by atoms with E-state index in [4.69, 9.17) is 4.74 Å². The lowest BCUT2D eigenvalue weighted by Crippen LogP contribution is -2.62. The van der Waals surface area contributed by atoms with Crippen LogP contribution in [0.2, 0.25) is 0 Å². The number of fused-ring (bicyclic) bond motifs is 5. The number of carboxylic acid groups (broad SMARTS) is 1. The van der Waals surface area contributed by atoms with Crippen LogP contribution in [-0.2, 0) is 30.8 Å². The van der Waals surface area contributed by atoms with E-state index in [-0.39, 0.29) is 31.4 Å². The van der Waals surface area contributed by atoms with Gasteiger partial charge in [-0.3, -0.25) is 24.0 Å². The van der Waals surface area contributed by atoms with Crippen LogP contribution >= 0.6 is 0 Å². The summed E-state index contributed by atoms with van der Waals surface area (Å²) in [6.45, 7) is 2.42. The third-order valence-corrected chi connectivity index (χ3v) is 15.8. The molecule has 4 heterocycles. The second-order valence-corrected chi connectivity index (χ2v) is 19.7. The minimum Gasteiger partial charge on any atom is -0.482 e. The van der Waals surface area contributed by atoms with Crippen LogP contribution < -0.4 is 14.8 Å². The largest absolute Gasteiger partial charge is 0.482 e. The number of alkyl halides is 3. The maximum atomic E-state index is 16.0. The molecular weight excluding hydrogens is 780 g/mol. The number of nitrogens with one attached hydrogen (secondary N) is 2. The van der Waals surface area contributed by atoms with Crippen molar-refractivity contribution in [1.82, 2.24) is 24.8 Å². The average Bonchev–Trinajstić information content (AvgIpc) is 3.95. The Morgan fingerprint density at radius 1 is 1.05 bits per heavy atom. The molecule has 1 spiro atoms. The summed E-state index contributed by atoms with van der Waals surface area (Å²) in [5.74, 6) is -6.52. The molecule has 58 heavy (non-hydrogen) atoms. The summed E-state index contributed by atoms with van der Waals surface area (Å²) in [6.07, 6.45) is 2.00. The lowest BCUT2D eigenvalue weighted by molar-refractivity contribution is -0.217. The molecule has 3 saturated carbocycles. The average molecular weight is 830 g/mol. The molecule has 0 radical (unpaired) electrons. The molecule has 4 amide bonds. The lowest BCUT2D eigenvalue weighted by Gasteiger charge is -2.41. The lowest BCUT2D eigenvalue weighted by atomic mass is 9.78. The van der Waals surface area contributed by atoms with E-state index >= 15 is 18.0 Å². The predicted octanol–water partition coefficient (Wildman–Crippen LogP) is 5.68. The number of sulfonamides is 1. The standard InChI is InChI=1S/C41H50F3N5O8S/c1-24-32-28(27-15-10-11-16-29(27)45-24)18-19-39(57-32)23-48-31(33(39)41(42,43)44)34(50)46-40(36(52)47-58(55,56)38(2)20-21-38)22-25(40)12-6-4-3-5-7-17-30(35(48)51)49(37(53)54)26-13-8-9-14-26/h6,10-12,15-16,25-26,30-31,33H,3-5,7-9,13-14,17-23H2,1-2H3,(H,46,50)(H,47,52)(H,53,54)/b12-6-/t25-,30+,31+,33?,39+,40-/m1/s1. The van der Waals surface area contributed by atoms with Crippen LogP contribution in [0.5, 0.6) is 5.75 Å². The molecule has 314 valence electrons. The number of aromatic nitrogens is 1. The zero-order valence-corrected chi connectivity index (χ0v) is 33.5. The van der Waals surface area contributed by atoms with Crippen LogP contribution in [0.15, 0.2) is 36.4 Å². The van der Waals surface area contributed by atoms with E-state index < -0.39 is 92.4 Å². The first-order chi connectivity index (χ1) is 27.4. The van der Waals surface area contributed by atoms with Gasteiger partial charge in [-0.2, -0.15) is 13.2 Å². The Hall–Kier alpha value is -4.41. The number of nitrogens with zero attached hydrogens (tertiary/aromatic N) is 3. The van der Waals surface area contributed by atoms with Gasteiger partial charge in [0.25, 0.3) is 5.91 Å². The number of aryl methyl sites for hydroxylation is 2. The molecule has 1 unspecified atom stereocenters. The van der Waals surface area contributed by atoms with E-state index in [0.29, 0.717) is 73.5 Å². The van der Waals surface area contributed by atoms with Crippen LogP contribution in [0, 0.1) is 18.8 Å². The van der Waals surface area contributed by atoms with Gasteiger partial charge in [0.2, 0.25) is 21.8 Å². The molecule has 17 heteroatoms. The Morgan fingerprint density at radius 2 is 1.76 bits per heavy atom. The molecule has 1 aromatic heterocycles. The molecule has 6 aliphatic rings. The Morgan fingerprint density at radius 3 is 2.45 bits per heavy atom.